The first-order chi connectivity index (χ1) is 10.5. The molecule has 0 unspecified atom stereocenters. The lowest BCUT2D eigenvalue weighted by molar-refractivity contribution is 0.836. The molecule has 2 aromatic heterocycles. The smallest absolute Gasteiger partial charge is 0.127 e. The van der Waals surface area contributed by atoms with Gasteiger partial charge < -0.3 is 9.88 Å². The SMILES string of the molecule is CC(C)c1cc2cc(Cl)c(-c3ccc(N(C)C)nc3)cc2[nH]1. The number of fused-ring (bicyclic) bond motifs is 1. The Morgan fingerprint density at radius 2 is 1.91 bits per heavy atom. The van der Waals surface area contributed by atoms with E-state index in [1.807, 2.05) is 37.3 Å². The molecule has 1 aromatic carbocycles. The Labute approximate surface area is 135 Å². The summed E-state index contributed by atoms with van der Waals surface area (Å²) in [6, 6.07) is 10.4. The van der Waals surface area contributed by atoms with E-state index in [2.05, 4.69) is 42.0 Å². The van der Waals surface area contributed by atoms with Crippen LogP contribution in [-0.4, -0.2) is 24.1 Å². The molecule has 2 heterocycles. The molecule has 3 nitrogen and oxygen atoms in total. The van der Waals surface area contributed by atoms with Gasteiger partial charge >= 0.3 is 0 Å². The van der Waals surface area contributed by atoms with E-state index in [-0.39, 0.29) is 0 Å². The molecule has 0 atom stereocenters. The minimum atomic E-state index is 0.468. The number of hydrogen-bond donors (Lipinski definition) is 1. The van der Waals surface area contributed by atoms with Crippen LogP contribution in [0.15, 0.2) is 36.5 Å². The van der Waals surface area contributed by atoms with Crippen molar-refractivity contribution in [3.63, 3.8) is 0 Å². The van der Waals surface area contributed by atoms with Crippen LogP contribution < -0.4 is 4.90 Å². The Bertz CT molecular complexity index is 801. The van der Waals surface area contributed by atoms with Crippen LogP contribution >= 0.6 is 11.6 Å². The summed E-state index contributed by atoms with van der Waals surface area (Å²) >= 11 is 6.48. The fraction of sp³-hybridized carbons (Fsp3) is 0.278. The minimum absolute atomic E-state index is 0.468. The normalized spacial score (nSPS) is 11.4. The Balaban J connectivity index is 2.07. The van der Waals surface area contributed by atoms with E-state index in [0.29, 0.717) is 5.92 Å². The molecule has 114 valence electrons. The number of hydrogen-bond acceptors (Lipinski definition) is 2. The first kappa shape index (κ1) is 14.9. The second-order valence-corrected chi connectivity index (χ2v) is 6.51. The van der Waals surface area contributed by atoms with Crippen LogP contribution in [0.4, 0.5) is 5.82 Å². The van der Waals surface area contributed by atoms with E-state index in [9.17, 15) is 0 Å². The highest BCUT2D eigenvalue weighted by molar-refractivity contribution is 6.34. The molecule has 0 aliphatic carbocycles. The van der Waals surface area contributed by atoms with Crippen LogP contribution in [0, 0.1) is 0 Å². The van der Waals surface area contributed by atoms with Crippen LogP contribution in [0.2, 0.25) is 5.02 Å². The van der Waals surface area contributed by atoms with Crippen molar-refractivity contribution in [2.24, 2.45) is 0 Å². The molecule has 0 fully saturated rings. The highest BCUT2D eigenvalue weighted by Gasteiger charge is 2.10. The van der Waals surface area contributed by atoms with E-state index in [0.717, 1.165) is 32.9 Å². The first-order valence-electron chi connectivity index (χ1n) is 7.41. The second-order valence-electron chi connectivity index (χ2n) is 6.10. The van der Waals surface area contributed by atoms with Gasteiger partial charge in [-0.25, -0.2) is 4.98 Å². The van der Waals surface area contributed by atoms with E-state index in [4.69, 9.17) is 11.6 Å². The van der Waals surface area contributed by atoms with Crippen LogP contribution in [-0.2, 0) is 0 Å². The summed E-state index contributed by atoms with van der Waals surface area (Å²) in [4.78, 5) is 9.92. The number of aromatic nitrogens is 2. The number of halogens is 1. The van der Waals surface area contributed by atoms with Crippen molar-refractivity contribution in [2.45, 2.75) is 19.8 Å². The molecule has 0 saturated carbocycles. The topological polar surface area (TPSA) is 31.9 Å². The van der Waals surface area contributed by atoms with E-state index in [1.54, 1.807) is 0 Å². The van der Waals surface area contributed by atoms with Gasteiger partial charge in [0.05, 0.1) is 0 Å². The van der Waals surface area contributed by atoms with Crippen LogP contribution in [0.3, 0.4) is 0 Å². The Morgan fingerprint density at radius 1 is 1.14 bits per heavy atom. The van der Waals surface area contributed by atoms with Gasteiger partial charge in [0, 0.05) is 53.0 Å². The quantitative estimate of drug-likeness (QED) is 0.732. The van der Waals surface area contributed by atoms with Gasteiger partial charge in [-0.1, -0.05) is 25.4 Å². The molecule has 4 heteroatoms. The van der Waals surface area contributed by atoms with Gasteiger partial charge in [0.15, 0.2) is 0 Å². The summed E-state index contributed by atoms with van der Waals surface area (Å²) in [6.45, 7) is 4.36. The molecule has 1 N–H and O–H groups in total. The molecular formula is C18H20ClN3. The number of nitrogens with zero attached hydrogens (tertiary/aromatic N) is 2. The van der Waals surface area contributed by atoms with Crippen molar-refractivity contribution in [1.29, 1.82) is 0 Å². The molecule has 0 bridgehead atoms. The number of benzene rings is 1. The van der Waals surface area contributed by atoms with Crippen molar-refractivity contribution in [2.75, 3.05) is 19.0 Å². The predicted octanol–water partition coefficient (Wildman–Crippen LogP) is 5.07. The number of rotatable bonds is 3. The van der Waals surface area contributed by atoms with Crippen LogP contribution in [0.1, 0.15) is 25.5 Å². The van der Waals surface area contributed by atoms with Crippen molar-refractivity contribution in [1.82, 2.24) is 9.97 Å². The zero-order valence-electron chi connectivity index (χ0n) is 13.3. The van der Waals surface area contributed by atoms with E-state index >= 15 is 0 Å². The van der Waals surface area contributed by atoms with Gasteiger partial charge in [-0.15, -0.1) is 0 Å². The lowest BCUT2D eigenvalue weighted by Crippen LogP contribution is -2.09. The highest BCUT2D eigenvalue weighted by Crippen LogP contribution is 2.33. The predicted molar refractivity (Wildman–Crippen MR) is 95.0 cm³/mol. The Kier molecular flexibility index (Phi) is 3.83. The molecule has 0 amide bonds. The Morgan fingerprint density at radius 3 is 2.50 bits per heavy atom. The van der Waals surface area contributed by atoms with Gasteiger partial charge in [-0.05, 0) is 36.2 Å². The van der Waals surface area contributed by atoms with Gasteiger partial charge in [0.2, 0.25) is 0 Å². The third-order valence-electron chi connectivity index (χ3n) is 3.87. The van der Waals surface area contributed by atoms with Gasteiger partial charge in [0.1, 0.15) is 5.82 Å². The zero-order chi connectivity index (χ0) is 15.9. The number of pyridine rings is 1. The molecular weight excluding hydrogens is 294 g/mol. The maximum Gasteiger partial charge on any atom is 0.127 e. The fourth-order valence-electron chi connectivity index (χ4n) is 2.52. The molecule has 0 aliphatic rings. The summed E-state index contributed by atoms with van der Waals surface area (Å²) in [5, 5.41) is 1.90. The first-order valence-corrected chi connectivity index (χ1v) is 7.79. The molecule has 22 heavy (non-hydrogen) atoms. The lowest BCUT2D eigenvalue weighted by atomic mass is 10.1. The van der Waals surface area contributed by atoms with Gasteiger partial charge in [-0.2, -0.15) is 0 Å². The average Bonchev–Trinajstić information content (AvgIpc) is 2.89. The standard InChI is InChI=1S/C18H20ClN3/c1-11(2)16-8-13-7-15(19)14(9-17(13)21-16)12-5-6-18(20-10-12)22(3)4/h5-11,21H,1-4H3. The average molecular weight is 314 g/mol. The van der Waals surface area contributed by atoms with E-state index in [1.165, 1.54) is 5.69 Å². The Hall–Kier alpha value is -2.00. The number of nitrogens with one attached hydrogen (secondary N) is 1. The van der Waals surface area contributed by atoms with Crippen molar-refractivity contribution in [3.8, 4) is 11.1 Å². The van der Waals surface area contributed by atoms with Gasteiger partial charge in [-0.3, -0.25) is 0 Å². The molecule has 0 saturated heterocycles. The molecule has 3 aromatic rings. The maximum atomic E-state index is 6.48. The summed E-state index contributed by atoms with van der Waals surface area (Å²) in [5.41, 5.74) is 4.37. The van der Waals surface area contributed by atoms with Crippen molar-refractivity contribution in [3.05, 3.63) is 47.2 Å². The monoisotopic (exact) mass is 313 g/mol. The van der Waals surface area contributed by atoms with Gasteiger partial charge in [0.25, 0.3) is 0 Å². The van der Waals surface area contributed by atoms with Crippen molar-refractivity contribution < 1.29 is 0 Å². The molecule has 3 rings (SSSR count). The summed E-state index contributed by atoms with van der Waals surface area (Å²) < 4.78 is 0. The third-order valence-corrected chi connectivity index (χ3v) is 4.18. The van der Waals surface area contributed by atoms with Crippen LogP contribution in [0.5, 0.6) is 0 Å². The number of anilines is 1. The largest absolute Gasteiger partial charge is 0.363 e. The maximum absolute atomic E-state index is 6.48. The summed E-state index contributed by atoms with van der Waals surface area (Å²) in [5.74, 6) is 1.40. The number of aromatic amines is 1. The second kappa shape index (κ2) is 5.65. The summed E-state index contributed by atoms with van der Waals surface area (Å²) in [6.07, 6.45) is 1.87. The fourth-order valence-corrected chi connectivity index (χ4v) is 2.80. The minimum Gasteiger partial charge on any atom is -0.363 e. The molecule has 0 radical (unpaired) electrons. The molecule has 0 aliphatic heterocycles. The van der Waals surface area contributed by atoms with Crippen molar-refractivity contribution >= 4 is 28.3 Å². The zero-order valence-corrected chi connectivity index (χ0v) is 14.1. The number of H-pyrrole nitrogens is 1. The van der Waals surface area contributed by atoms with E-state index < -0.39 is 0 Å². The highest BCUT2D eigenvalue weighted by atomic mass is 35.5. The third kappa shape index (κ3) is 2.69. The van der Waals surface area contributed by atoms with Crippen LogP contribution in [0.25, 0.3) is 22.0 Å². The molecule has 0 spiro atoms. The lowest BCUT2D eigenvalue weighted by Gasteiger charge is -2.12. The summed E-state index contributed by atoms with van der Waals surface area (Å²) in [7, 11) is 3.96.